The van der Waals surface area contributed by atoms with Crippen molar-refractivity contribution in [3.8, 4) is 0 Å². The highest BCUT2D eigenvalue weighted by Gasteiger charge is 2.31. The van der Waals surface area contributed by atoms with Crippen LogP contribution >= 0.6 is 0 Å². The summed E-state index contributed by atoms with van der Waals surface area (Å²) < 4.78 is 14.5. The number of anilines is 1. The molecule has 0 radical (unpaired) electrons. The molecular weight excluding hydrogens is 347 g/mol. The Morgan fingerprint density at radius 3 is 2.52 bits per heavy atom. The molecule has 1 heterocycles. The molecule has 0 fully saturated rings. The SMILES string of the molecule is C/C=C/NC(=O)NC1N=C(c2ccccc2F)c2ccccc2N(C)C1=O. The summed E-state index contributed by atoms with van der Waals surface area (Å²) in [4.78, 5) is 30.7. The summed E-state index contributed by atoms with van der Waals surface area (Å²) in [5, 5.41) is 5.00. The first-order valence-corrected chi connectivity index (χ1v) is 8.40. The Balaban J connectivity index is 2.11. The number of nitrogens with zero attached hydrogens (tertiary/aromatic N) is 2. The fourth-order valence-corrected chi connectivity index (χ4v) is 2.81. The summed E-state index contributed by atoms with van der Waals surface area (Å²) in [6.45, 7) is 1.75. The zero-order valence-corrected chi connectivity index (χ0v) is 14.9. The summed E-state index contributed by atoms with van der Waals surface area (Å²) in [5.74, 6) is -0.885. The van der Waals surface area contributed by atoms with Gasteiger partial charge in [-0.2, -0.15) is 0 Å². The van der Waals surface area contributed by atoms with Gasteiger partial charge in [-0.05, 0) is 25.1 Å². The molecule has 1 aliphatic heterocycles. The second kappa shape index (κ2) is 7.82. The van der Waals surface area contributed by atoms with Crippen molar-refractivity contribution in [1.82, 2.24) is 10.6 Å². The summed E-state index contributed by atoms with van der Waals surface area (Å²) in [6.07, 6.45) is 1.89. The number of aliphatic imine (C=N–C) groups is 1. The maximum absolute atomic E-state index is 14.5. The maximum atomic E-state index is 14.5. The van der Waals surface area contributed by atoms with Gasteiger partial charge in [0.2, 0.25) is 6.17 Å². The molecule has 0 aromatic heterocycles. The van der Waals surface area contributed by atoms with Crippen molar-refractivity contribution in [1.29, 1.82) is 0 Å². The number of nitrogens with one attached hydrogen (secondary N) is 2. The standard InChI is InChI=1S/C20H19FN4O2/c1-3-12-22-20(27)24-18-19(26)25(2)16-11-7-5-9-14(16)17(23-18)13-8-4-6-10-15(13)21/h3-12,18H,1-2H3,(H2,22,24,27)/b12-3+. The lowest BCUT2D eigenvalue weighted by Gasteiger charge is -2.20. The number of hydrogen-bond donors (Lipinski definition) is 2. The van der Waals surface area contributed by atoms with E-state index in [2.05, 4.69) is 15.6 Å². The number of benzene rings is 2. The number of hydrogen-bond acceptors (Lipinski definition) is 3. The van der Waals surface area contributed by atoms with E-state index in [1.165, 1.54) is 17.2 Å². The van der Waals surface area contributed by atoms with Crippen LogP contribution in [0.2, 0.25) is 0 Å². The van der Waals surface area contributed by atoms with Crippen molar-refractivity contribution in [3.05, 3.63) is 77.8 Å². The Hall–Kier alpha value is -3.48. The van der Waals surface area contributed by atoms with E-state index in [-0.39, 0.29) is 5.56 Å². The number of benzodiazepines with no additional fused rings is 1. The number of urea groups is 1. The minimum atomic E-state index is -1.19. The molecular formula is C20H19FN4O2. The first-order chi connectivity index (χ1) is 13.0. The van der Waals surface area contributed by atoms with Crippen LogP contribution in [0, 0.1) is 5.82 Å². The Kier molecular flexibility index (Phi) is 5.30. The third kappa shape index (κ3) is 3.72. The Bertz CT molecular complexity index is 939. The fraction of sp³-hybridized carbons (Fsp3) is 0.150. The normalized spacial score (nSPS) is 16.6. The van der Waals surface area contributed by atoms with Gasteiger partial charge in [-0.25, -0.2) is 14.2 Å². The zero-order valence-electron chi connectivity index (χ0n) is 14.9. The van der Waals surface area contributed by atoms with E-state index in [1.54, 1.807) is 62.5 Å². The van der Waals surface area contributed by atoms with Crippen molar-refractivity contribution < 1.29 is 14.0 Å². The number of fused-ring (bicyclic) bond motifs is 1. The van der Waals surface area contributed by atoms with E-state index >= 15 is 0 Å². The monoisotopic (exact) mass is 366 g/mol. The predicted octanol–water partition coefficient (Wildman–Crippen LogP) is 2.80. The average Bonchev–Trinajstić information content (AvgIpc) is 2.78. The van der Waals surface area contributed by atoms with Crippen LogP contribution in [-0.2, 0) is 4.79 Å². The topological polar surface area (TPSA) is 73.8 Å². The summed E-state index contributed by atoms with van der Waals surface area (Å²) in [5.41, 5.74) is 1.76. The molecule has 0 saturated carbocycles. The Morgan fingerprint density at radius 1 is 1.15 bits per heavy atom. The summed E-state index contributed by atoms with van der Waals surface area (Å²) in [6, 6.07) is 12.7. The van der Waals surface area contributed by atoms with Gasteiger partial charge < -0.3 is 15.5 Å². The zero-order chi connectivity index (χ0) is 19.4. The number of likely N-dealkylation sites (N-methyl/N-ethyl adjacent to an activating group) is 1. The third-order valence-electron chi connectivity index (χ3n) is 4.12. The fourth-order valence-electron chi connectivity index (χ4n) is 2.81. The van der Waals surface area contributed by atoms with Gasteiger partial charge in [0, 0.05) is 24.4 Å². The van der Waals surface area contributed by atoms with Gasteiger partial charge in [-0.1, -0.05) is 36.4 Å². The molecule has 0 spiro atoms. The van der Waals surface area contributed by atoms with Gasteiger partial charge >= 0.3 is 6.03 Å². The average molecular weight is 366 g/mol. The number of halogens is 1. The van der Waals surface area contributed by atoms with E-state index in [0.717, 1.165) is 0 Å². The molecule has 2 aromatic carbocycles. The van der Waals surface area contributed by atoms with Crippen LogP contribution in [0.5, 0.6) is 0 Å². The third-order valence-corrected chi connectivity index (χ3v) is 4.12. The molecule has 6 nitrogen and oxygen atoms in total. The molecule has 0 saturated heterocycles. The molecule has 3 amide bonds. The van der Waals surface area contributed by atoms with Crippen LogP contribution in [0.4, 0.5) is 14.9 Å². The van der Waals surface area contributed by atoms with Gasteiger partial charge in [-0.15, -0.1) is 0 Å². The largest absolute Gasteiger partial charge is 0.320 e. The highest BCUT2D eigenvalue weighted by Crippen LogP contribution is 2.27. The smallest absolute Gasteiger partial charge is 0.315 e. The number of amides is 3. The van der Waals surface area contributed by atoms with Crippen LogP contribution in [0.3, 0.4) is 0 Å². The second-order valence-electron chi connectivity index (χ2n) is 5.89. The van der Waals surface area contributed by atoms with Crippen LogP contribution in [0.15, 0.2) is 65.8 Å². The van der Waals surface area contributed by atoms with Crippen molar-refractivity contribution in [2.24, 2.45) is 4.99 Å². The van der Waals surface area contributed by atoms with Crippen molar-refractivity contribution in [3.63, 3.8) is 0 Å². The van der Waals surface area contributed by atoms with Gasteiger partial charge in [0.25, 0.3) is 5.91 Å². The number of carbonyl (C=O) groups excluding carboxylic acids is 2. The lowest BCUT2D eigenvalue weighted by molar-refractivity contribution is -0.119. The molecule has 1 aliphatic rings. The Labute approximate surface area is 156 Å². The number of rotatable bonds is 3. The lowest BCUT2D eigenvalue weighted by atomic mass is 10.00. The lowest BCUT2D eigenvalue weighted by Crippen LogP contribution is -2.48. The van der Waals surface area contributed by atoms with Gasteiger partial charge in [0.15, 0.2) is 0 Å². The molecule has 2 N–H and O–H groups in total. The van der Waals surface area contributed by atoms with Crippen LogP contribution < -0.4 is 15.5 Å². The van der Waals surface area contributed by atoms with Crippen LogP contribution in [0.1, 0.15) is 18.1 Å². The van der Waals surface area contributed by atoms with Crippen LogP contribution in [-0.4, -0.2) is 30.9 Å². The number of allylic oxidation sites excluding steroid dienone is 1. The number of para-hydroxylation sites is 1. The molecule has 3 rings (SSSR count). The highest BCUT2D eigenvalue weighted by atomic mass is 19.1. The second-order valence-corrected chi connectivity index (χ2v) is 5.89. The first-order valence-electron chi connectivity index (χ1n) is 8.40. The van der Waals surface area contributed by atoms with Crippen LogP contribution in [0.25, 0.3) is 0 Å². The van der Waals surface area contributed by atoms with E-state index < -0.39 is 23.9 Å². The molecule has 0 bridgehead atoms. The molecule has 138 valence electrons. The Morgan fingerprint density at radius 2 is 1.81 bits per heavy atom. The first kappa shape index (κ1) is 18.3. The van der Waals surface area contributed by atoms with E-state index in [0.29, 0.717) is 17.0 Å². The molecule has 1 unspecified atom stereocenters. The maximum Gasteiger partial charge on any atom is 0.320 e. The molecule has 0 aliphatic carbocycles. The molecule has 27 heavy (non-hydrogen) atoms. The number of carbonyl (C=O) groups is 2. The summed E-state index contributed by atoms with van der Waals surface area (Å²) in [7, 11) is 1.60. The van der Waals surface area contributed by atoms with Gasteiger partial charge in [0.05, 0.1) is 11.4 Å². The molecule has 7 heteroatoms. The van der Waals surface area contributed by atoms with Gasteiger partial charge in [-0.3, -0.25) is 4.79 Å². The molecule has 1 atom stereocenters. The minimum absolute atomic E-state index is 0.258. The van der Waals surface area contributed by atoms with E-state index in [9.17, 15) is 14.0 Å². The van der Waals surface area contributed by atoms with Crippen molar-refractivity contribution in [2.45, 2.75) is 13.1 Å². The molecule has 2 aromatic rings. The van der Waals surface area contributed by atoms with Crippen molar-refractivity contribution in [2.75, 3.05) is 11.9 Å². The predicted molar refractivity (Wildman–Crippen MR) is 102 cm³/mol. The van der Waals surface area contributed by atoms with E-state index in [4.69, 9.17) is 0 Å². The van der Waals surface area contributed by atoms with Crippen molar-refractivity contribution >= 4 is 23.3 Å². The van der Waals surface area contributed by atoms with E-state index in [1.807, 2.05) is 0 Å². The quantitative estimate of drug-likeness (QED) is 0.877. The minimum Gasteiger partial charge on any atom is -0.315 e. The summed E-state index contributed by atoms with van der Waals surface area (Å²) >= 11 is 0. The van der Waals surface area contributed by atoms with Gasteiger partial charge in [0.1, 0.15) is 5.82 Å². The highest BCUT2D eigenvalue weighted by molar-refractivity contribution is 6.20.